The highest BCUT2D eigenvalue weighted by atomic mass is 35.5. The maximum Gasteiger partial charge on any atom is 0.573 e. The summed E-state index contributed by atoms with van der Waals surface area (Å²) in [5.74, 6) is -1.76. The second-order valence-corrected chi connectivity index (χ2v) is 6.66. The number of carbonyl (C=O) groups excluding carboxylic acids is 2. The number of nitrogens with two attached hydrogens (primary N) is 1. The van der Waals surface area contributed by atoms with E-state index in [0.29, 0.717) is 6.20 Å². The molecule has 1 aliphatic rings. The summed E-state index contributed by atoms with van der Waals surface area (Å²) in [7, 11) is 0. The van der Waals surface area contributed by atoms with Gasteiger partial charge in [-0.1, -0.05) is 17.7 Å². The predicted molar refractivity (Wildman–Crippen MR) is 89.7 cm³/mol. The van der Waals surface area contributed by atoms with Crippen molar-refractivity contribution in [2.45, 2.75) is 24.8 Å². The molecule has 0 bridgehead atoms. The van der Waals surface area contributed by atoms with Crippen molar-refractivity contribution in [1.29, 1.82) is 0 Å². The van der Waals surface area contributed by atoms with Gasteiger partial charge >= 0.3 is 18.8 Å². The van der Waals surface area contributed by atoms with Gasteiger partial charge in [-0.3, -0.25) is 9.69 Å². The lowest BCUT2D eigenvalue weighted by atomic mass is 9.99. The summed E-state index contributed by atoms with van der Waals surface area (Å²) in [6.45, 7) is -0.422. The van der Waals surface area contributed by atoms with Crippen molar-refractivity contribution < 1.29 is 45.4 Å². The van der Waals surface area contributed by atoms with Gasteiger partial charge in [0.1, 0.15) is 5.75 Å². The molecule has 2 atom stereocenters. The molecular formula is C16H11ClF6N4O4. The molecule has 1 aromatic heterocycles. The van der Waals surface area contributed by atoms with Gasteiger partial charge in [0, 0.05) is 11.8 Å². The van der Waals surface area contributed by atoms with Crippen LogP contribution in [0.4, 0.5) is 31.1 Å². The summed E-state index contributed by atoms with van der Waals surface area (Å²) in [6, 6.07) is 1.53. The molecule has 2 amide bonds. The number of nitrogens with zero attached hydrogens (tertiary/aromatic N) is 3. The van der Waals surface area contributed by atoms with E-state index in [1.54, 1.807) is 0 Å². The van der Waals surface area contributed by atoms with E-state index in [1.807, 2.05) is 0 Å². The van der Waals surface area contributed by atoms with Crippen LogP contribution >= 0.6 is 11.6 Å². The Morgan fingerprint density at radius 1 is 1.26 bits per heavy atom. The van der Waals surface area contributed by atoms with Crippen molar-refractivity contribution >= 4 is 23.6 Å². The highest BCUT2D eigenvalue weighted by Gasteiger charge is 2.42. The molecule has 0 radical (unpaired) electrons. The third kappa shape index (κ3) is 4.95. The molecule has 1 aliphatic heterocycles. The van der Waals surface area contributed by atoms with E-state index in [0.717, 1.165) is 29.3 Å². The largest absolute Gasteiger partial charge is 0.573 e. The Balaban J connectivity index is 2.04. The topological polar surface area (TPSA) is 99.7 Å². The van der Waals surface area contributed by atoms with Gasteiger partial charge in [0.2, 0.25) is 0 Å². The predicted octanol–water partition coefficient (Wildman–Crippen LogP) is 3.31. The van der Waals surface area contributed by atoms with Crippen LogP contribution in [-0.2, 0) is 15.8 Å². The zero-order valence-electron chi connectivity index (χ0n) is 14.9. The molecule has 168 valence electrons. The average molecular weight is 473 g/mol. The number of amides is 2. The van der Waals surface area contributed by atoms with E-state index in [1.165, 1.54) is 0 Å². The van der Waals surface area contributed by atoms with Crippen LogP contribution in [0.5, 0.6) is 5.75 Å². The van der Waals surface area contributed by atoms with E-state index < -0.39 is 54.1 Å². The standard InChI is InChI=1S/C16H11ClF6N4O4/c17-9-3-7(1-2-10(9)31-16(21,22)23)12(8-4-25-27(5-8)15(18,19)20)26-6-11(13(24)28)30-14(26)29/h1-5,11-12H,6H2,(H2,24,28)/t11?,12-/m0/s1. The summed E-state index contributed by atoms with van der Waals surface area (Å²) in [5, 5.41) is 2.66. The molecule has 0 saturated carbocycles. The fourth-order valence-corrected chi connectivity index (χ4v) is 3.13. The van der Waals surface area contributed by atoms with Gasteiger partial charge in [-0.2, -0.15) is 9.78 Å². The molecule has 8 nitrogen and oxygen atoms in total. The van der Waals surface area contributed by atoms with Crippen LogP contribution in [-0.4, -0.2) is 45.7 Å². The van der Waals surface area contributed by atoms with Gasteiger partial charge in [-0.15, -0.1) is 26.3 Å². The van der Waals surface area contributed by atoms with Crippen LogP contribution in [0.15, 0.2) is 30.6 Å². The number of hydrogen-bond donors (Lipinski definition) is 1. The maximum absolute atomic E-state index is 13.0. The van der Waals surface area contributed by atoms with Gasteiger partial charge in [0.25, 0.3) is 5.91 Å². The summed E-state index contributed by atoms with van der Waals surface area (Å²) < 4.78 is 84.5. The molecular weight excluding hydrogens is 462 g/mol. The van der Waals surface area contributed by atoms with Gasteiger partial charge in [0.05, 0.1) is 23.8 Å². The molecule has 15 heteroatoms. The molecule has 1 saturated heterocycles. The lowest BCUT2D eigenvalue weighted by molar-refractivity contribution is -0.274. The minimum atomic E-state index is -5.04. The van der Waals surface area contributed by atoms with Crippen molar-refractivity contribution in [3.8, 4) is 5.75 Å². The second-order valence-electron chi connectivity index (χ2n) is 6.25. The molecule has 0 spiro atoms. The SMILES string of the molecule is NC(=O)C1CN([C@@H](c2ccc(OC(F)(F)F)c(Cl)c2)c2cnn(C(F)(F)F)c2)C(=O)O1. The first-order chi connectivity index (χ1) is 14.3. The summed E-state index contributed by atoms with van der Waals surface area (Å²) >= 11 is 5.83. The van der Waals surface area contributed by atoms with Gasteiger partial charge in [0.15, 0.2) is 6.10 Å². The van der Waals surface area contributed by atoms with Crippen LogP contribution in [0.1, 0.15) is 17.2 Å². The Morgan fingerprint density at radius 2 is 1.94 bits per heavy atom. The zero-order chi connectivity index (χ0) is 23.1. The number of halogens is 7. The normalized spacial score (nSPS) is 18.1. The molecule has 2 heterocycles. The van der Waals surface area contributed by atoms with Gasteiger partial charge in [-0.25, -0.2) is 4.79 Å². The molecule has 2 aromatic rings. The quantitative estimate of drug-likeness (QED) is 0.673. The number of benzene rings is 1. The van der Waals surface area contributed by atoms with Crippen LogP contribution in [0, 0.1) is 0 Å². The van der Waals surface area contributed by atoms with Gasteiger partial charge in [-0.05, 0) is 17.7 Å². The van der Waals surface area contributed by atoms with Crippen LogP contribution in [0.2, 0.25) is 5.02 Å². The highest BCUT2D eigenvalue weighted by Crippen LogP contribution is 2.38. The lowest BCUT2D eigenvalue weighted by Gasteiger charge is -2.26. The number of hydrogen-bond acceptors (Lipinski definition) is 5. The lowest BCUT2D eigenvalue weighted by Crippen LogP contribution is -2.34. The third-order valence-electron chi connectivity index (χ3n) is 4.14. The molecule has 1 unspecified atom stereocenters. The smallest absolute Gasteiger partial charge is 0.434 e. The van der Waals surface area contributed by atoms with Crippen molar-refractivity contribution in [3.05, 3.63) is 46.7 Å². The maximum atomic E-state index is 13.0. The summed E-state index contributed by atoms with van der Waals surface area (Å²) in [6.07, 6.45) is -11.0. The molecule has 0 aliphatic carbocycles. The minimum Gasteiger partial charge on any atom is -0.434 e. The number of cyclic esters (lactones) is 1. The number of ether oxygens (including phenoxy) is 2. The monoisotopic (exact) mass is 472 g/mol. The minimum absolute atomic E-state index is 0.00307. The van der Waals surface area contributed by atoms with Crippen LogP contribution in [0.3, 0.4) is 0 Å². The van der Waals surface area contributed by atoms with E-state index in [4.69, 9.17) is 22.1 Å². The number of alkyl halides is 6. The number of carbonyl (C=O) groups is 2. The fourth-order valence-electron chi connectivity index (χ4n) is 2.90. The first kappa shape index (κ1) is 22.5. The number of rotatable bonds is 5. The Kier molecular flexibility index (Phi) is 5.69. The molecule has 3 rings (SSSR count). The molecule has 1 fully saturated rings. The third-order valence-corrected chi connectivity index (χ3v) is 4.44. The van der Waals surface area contributed by atoms with Crippen molar-refractivity contribution in [3.63, 3.8) is 0 Å². The summed E-state index contributed by atoms with van der Waals surface area (Å²) in [4.78, 5) is 24.5. The van der Waals surface area contributed by atoms with E-state index >= 15 is 0 Å². The van der Waals surface area contributed by atoms with Crippen LogP contribution < -0.4 is 10.5 Å². The van der Waals surface area contributed by atoms with E-state index in [9.17, 15) is 35.9 Å². The Labute approximate surface area is 174 Å². The second kappa shape index (κ2) is 7.83. The Hall–Kier alpha value is -3.16. The van der Waals surface area contributed by atoms with Crippen molar-refractivity contribution in [1.82, 2.24) is 14.7 Å². The van der Waals surface area contributed by atoms with Crippen LogP contribution in [0.25, 0.3) is 0 Å². The molecule has 1 aromatic carbocycles. The average Bonchev–Trinajstić information content (AvgIpc) is 3.24. The molecule has 31 heavy (non-hydrogen) atoms. The fraction of sp³-hybridized carbons (Fsp3) is 0.312. The van der Waals surface area contributed by atoms with E-state index in [2.05, 4.69) is 9.84 Å². The number of primary amides is 1. The van der Waals surface area contributed by atoms with E-state index in [-0.39, 0.29) is 15.8 Å². The summed E-state index contributed by atoms with van der Waals surface area (Å²) in [5.41, 5.74) is 4.93. The Morgan fingerprint density at radius 3 is 2.42 bits per heavy atom. The van der Waals surface area contributed by atoms with Crippen molar-refractivity contribution in [2.24, 2.45) is 5.73 Å². The van der Waals surface area contributed by atoms with Gasteiger partial charge < -0.3 is 15.2 Å². The zero-order valence-corrected chi connectivity index (χ0v) is 15.7. The van der Waals surface area contributed by atoms with Crippen molar-refractivity contribution in [2.75, 3.05) is 6.54 Å². The Bertz CT molecular complexity index is 1010. The number of aromatic nitrogens is 2. The first-order valence-electron chi connectivity index (χ1n) is 8.20. The first-order valence-corrected chi connectivity index (χ1v) is 8.57. The highest BCUT2D eigenvalue weighted by molar-refractivity contribution is 6.32. The molecule has 2 N–H and O–H groups in total.